The summed E-state index contributed by atoms with van der Waals surface area (Å²) in [4.78, 5) is 82.4. The minimum absolute atomic E-state index is 0.0236. The maximum Gasteiger partial charge on any atom is 0.416 e. The van der Waals surface area contributed by atoms with Crippen LogP contribution in [0, 0.1) is 22.7 Å². The summed E-state index contributed by atoms with van der Waals surface area (Å²) in [5.74, 6) is -0.761. The van der Waals surface area contributed by atoms with Gasteiger partial charge in [-0.05, 0) is 134 Å². The molecule has 2 unspecified atom stereocenters. The van der Waals surface area contributed by atoms with E-state index in [0.29, 0.717) is 44.5 Å². The zero-order chi connectivity index (χ0) is 55.9. The number of halogens is 6. The van der Waals surface area contributed by atoms with Gasteiger partial charge in [0.25, 0.3) is 5.56 Å². The number of likely N-dealkylation sites (N-methyl/N-ethyl adjacent to an activating group) is 2. The Morgan fingerprint density at radius 2 is 0.961 bits per heavy atom. The van der Waals surface area contributed by atoms with E-state index in [9.17, 15) is 65.6 Å². The molecule has 0 fully saturated rings. The van der Waals surface area contributed by atoms with Crippen molar-refractivity contribution in [2.45, 2.75) is 52.1 Å². The molecule has 4 amide bonds. The quantitative estimate of drug-likeness (QED) is 0.135. The number of rotatable bonds is 8. The van der Waals surface area contributed by atoms with E-state index in [2.05, 4.69) is 12.1 Å². The fourth-order valence-corrected chi connectivity index (χ4v) is 9.42. The van der Waals surface area contributed by atoms with E-state index in [-0.39, 0.29) is 56.6 Å². The van der Waals surface area contributed by atoms with Crippen molar-refractivity contribution < 1.29 is 45.5 Å². The van der Waals surface area contributed by atoms with Gasteiger partial charge >= 0.3 is 24.4 Å². The molecule has 0 aliphatic carbocycles. The van der Waals surface area contributed by atoms with Crippen molar-refractivity contribution in [1.29, 1.82) is 10.5 Å². The number of Topliss-reactive ketones (excluding diaryl/α,β-unsaturated/α-hetero) is 2. The van der Waals surface area contributed by atoms with Crippen LogP contribution in [0.4, 0.5) is 47.3 Å². The van der Waals surface area contributed by atoms with Crippen molar-refractivity contribution in [1.82, 2.24) is 18.9 Å². The van der Waals surface area contributed by atoms with E-state index in [4.69, 9.17) is 0 Å². The molecule has 6 aromatic rings. The second-order valence-corrected chi connectivity index (χ2v) is 18.0. The Labute approximate surface area is 431 Å². The highest BCUT2D eigenvalue weighted by atomic mass is 19.4. The summed E-state index contributed by atoms with van der Waals surface area (Å²) in [6, 6.07) is 25.3. The molecule has 4 aromatic carbocycles. The molecule has 2 aromatic heterocycles. The molecule has 2 atom stereocenters. The second-order valence-electron chi connectivity index (χ2n) is 18.0. The molecule has 2 aliphatic heterocycles. The summed E-state index contributed by atoms with van der Waals surface area (Å²) in [6.45, 7) is 5.68. The summed E-state index contributed by atoms with van der Waals surface area (Å²) < 4.78 is 83.1. The van der Waals surface area contributed by atoms with Gasteiger partial charge in [0.05, 0.1) is 57.9 Å². The van der Waals surface area contributed by atoms with E-state index >= 15 is 0 Å². The Morgan fingerprint density at radius 3 is 1.34 bits per heavy atom. The Balaban J connectivity index is 0.000000221. The lowest BCUT2D eigenvalue weighted by Crippen LogP contribution is -2.49. The van der Waals surface area contributed by atoms with Crippen molar-refractivity contribution in [3.63, 3.8) is 0 Å². The summed E-state index contributed by atoms with van der Waals surface area (Å²) in [6.07, 6.45) is -6.07. The number of aryl methyl sites for hydroxylation is 2. The number of hydrogen-bond donors (Lipinski definition) is 0. The topological polar surface area (TPSA) is 173 Å². The average molecular weight is 1040 g/mol. The average Bonchev–Trinajstić information content (AvgIpc) is 3.37. The lowest BCUT2D eigenvalue weighted by Gasteiger charge is -2.42. The molecular formula is C56H46F6N8O6. The zero-order valence-corrected chi connectivity index (χ0v) is 42.0. The molecular weight excluding hydrogens is 995 g/mol. The van der Waals surface area contributed by atoms with Crippen LogP contribution in [-0.4, -0.2) is 56.7 Å². The molecule has 0 saturated carbocycles. The van der Waals surface area contributed by atoms with Crippen molar-refractivity contribution >= 4 is 35.0 Å². The van der Waals surface area contributed by atoms with Crippen molar-refractivity contribution in [2.75, 3.05) is 23.9 Å². The minimum Gasteiger partial charge on any atom is -0.319 e. The van der Waals surface area contributed by atoms with Crippen LogP contribution in [0.25, 0.3) is 22.3 Å². The Bertz CT molecular complexity index is 3670. The summed E-state index contributed by atoms with van der Waals surface area (Å²) >= 11 is 0. The number of carbonyl (C=O) groups is 4. The number of aromatic nitrogens is 2. The summed E-state index contributed by atoms with van der Waals surface area (Å²) in [5.41, 5.74) is 2.07. The van der Waals surface area contributed by atoms with Crippen molar-refractivity contribution in [3.05, 3.63) is 198 Å². The molecule has 0 bridgehead atoms. The smallest absolute Gasteiger partial charge is 0.319 e. The molecule has 4 heterocycles. The number of amides is 4. The molecule has 0 radical (unpaired) electrons. The number of allylic oxidation sites excluding steroid dienone is 2. The molecule has 388 valence electrons. The van der Waals surface area contributed by atoms with Gasteiger partial charge in [0.1, 0.15) is 0 Å². The molecule has 8 rings (SSSR count). The number of carbonyl (C=O) groups excluding carboxylic acids is 4. The lowest BCUT2D eigenvalue weighted by atomic mass is 9.85. The first-order valence-electron chi connectivity index (χ1n) is 23.0. The first kappa shape index (κ1) is 54.5. The van der Waals surface area contributed by atoms with Crippen LogP contribution in [0.15, 0.2) is 154 Å². The summed E-state index contributed by atoms with van der Waals surface area (Å²) in [7, 11) is 6.09. The number of alkyl halides is 6. The largest absolute Gasteiger partial charge is 0.416 e. The molecule has 0 N–H and O–H groups in total. The van der Waals surface area contributed by atoms with Crippen LogP contribution in [0.3, 0.4) is 0 Å². The fraction of sp³-hybridized carbons (Fsp3) is 0.214. The first-order valence-corrected chi connectivity index (χ1v) is 23.0. The van der Waals surface area contributed by atoms with Gasteiger partial charge in [-0.2, -0.15) is 36.9 Å². The van der Waals surface area contributed by atoms with Crippen molar-refractivity contribution in [3.8, 4) is 34.4 Å². The van der Waals surface area contributed by atoms with Gasteiger partial charge in [-0.1, -0.05) is 24.3 Å². The van der Waals surface area contributed by atoms with Crippen LogP contribution < -0.4 is 20.9 Å². The lowest BCUT2D eigenvalue weighted by molar-refractivity contribution is -0.138. The maximum atomic E-state index is 13.6. The van der Waals surface area contributed by atoms with Gasteiger partial charge in [0, 0.05) is 75.3 Å². The molecule has 0 saturated heterocycles. The number of benzene rings is 4. The van der Waals surface area contributed by atoms with Gasteiger partial charge in [-0.15, -0.1) is 0 Å². The standard InChI is InChI=1S/2C28H23F3N4O3/c1-16-25(17(2)36)26(34(4)27(38)35(16)21-7-5-6-20(13-21)28(29,30)31)22-10-8-18(14-32)12-23(22)19-9-11-24(37)33(3)15-19;1-16-25(17(2)36)26(34(4)27(38)35(16)21-7-5-6-20(14-21)28(29,30)31)22-9-8-18(15-32)12-23(22)19-10-11-33(3)24(37)13-19/h5-13,15,26H,1-4H3;5-14,26H,1-4H3. The maximum absolute atomic E-state index is 13.6. The number of ketones is 2. The highest BCUT2D eigenvalue weighted by Crippen LogP contribution is 2.45. The number of nitriles is 2. The third-order valence-electron chi connectivity index (χ3n) is 13.1. The predicted octanol–water partition coefficient (Wildman–Crippen LogP) is 10.8. The number of nitrogens with zero attached hydrogens (tertiary/aromatic N) is 8. The van der Waals surface area contributed by atoms with Crippen LogP contribution in [0.1, 0.15) is 73.2 Å². The Hall–Kier alpha value is -9.30. The monoisotopic (exact) mass is 1040 g/mol. The number of anilines is 2. The van der Waals surface area contributed by atoms with E-state index in [0.717, 1.165) is 34.1 Å². The van der Waals surface area contributed by atoms with E-state index in [1.807, 2.05) is 0 Å². The second kappa shape index (κ2) is 20.9. The predicted molar refractivity (Wildman–Crippen MR) is 270 cm³/mol. The van der Waals surface area contributed by atoms with Crippen LogP contribution in [-0.2, 0) is 36.0 Å². The minimum atomic E-state index is -4.62. The highest BCUT2D eigenvalue weighted by Gasteiger charge is 2.43. The molecule has 2 aliphatic rings. The van der Waals surface area contributed by atoms with Gasteiger partial charge in [-0.3, -0.25) is 29.0 Å². The van der Waals surface area contributed by atoms with Gasteiger partial charge < -0.3 is 18.9 Å². The molecule has 14 nitrogen and oxygen atoms in total. The van der Waals surface area contributed by atoms with E-state index in [1.54, 1.807) is 75.0 Å². The van der Waals surface area contributed by atoms with Crippen LogP contribution in [0.5, 0.6) is 0 Å². The van der Waals surface area contributed by atoms with Crippen molar-refractivity contribution in [2.24, 2.45) is 14.1 Å². The number of hydrogen-bond acceptors (Lipinski definition) is 8. The normalized spacial score (nSPS) is 16.1. The van der Waals surface area contributed by atoms with Gasteiger partial charge in [-0.25, -0.2) is 9.59 Å². The zero-order valence-electron chi connectivity index (χ0n) is 42.0. The van der Waals surface area contributed by atoms with Gasteiger partial charge in [0.2, 0.25) is 5.56 Å². The van der Waals surface area contributed by atoms with E-state index < -0.39 is 47.6 Å². The van der Waals surface area contributed by atoms with E-state index in [1.165, 1.54) is 97.1 Å². The molecule has 76 heavy (non-hydrogen) atoms. The Morgan fingerprint density at radius 1 is 0.526 bits per heavy atom. The highest BCUT2D eigenvalue weighted by molar-refractivity contribution is 6.06. The first-order chi connectivity index (χ1) is 35.7. The third kappa shape index (κ3) is 10.4. The van der Waals surface area contributed by atoms with Crippen LogP contribution in [0.2, 0.25) is 0 Å². The Kier molecular flexibility index (Phi) is 15.0. The number of pyridine rings is 2. The molecule has 20 heteroatoms. The summed E-state index contributed by atoms with van der Waals surface area (Å²) in [5, 5.41) is 19.0. The van der Waals surface area contributed by atoms with Crippen LogP contribution >= 0.6 is 0 Å². The number of urea groups is 2. The molecule has 0 spiro atoms. The van der Waals surface area contributed by atoms with Gasteiger partial charge in [0.15, 0.2) is 11.6 Å². The fourth-order valence-electron chi connectivity index (χ4n) is 9.42. The third-order valence-corrected chi connectivity index (χ3v) is 13.1. The SMILES string of the molecule is CC(=O)C1=C(C)N(c2cccc(C(F)(F)F)c2)C(=O)N(C)C1c1ccc(C#N)cc1-c1ccc(=O)n(C)c1.CC(=O)C1=C(C)N(c2cccc(C(F)(F)F)c2)C(=O)N(C)C1c1ccc(C#N)cc1-c1ccn(C)c(=O)c1.